The lowest BCUT2D eigenvalue weighted by atomic mass is 10.1. The third-order valence-electron chi connectivity index (χ3n) is 3.13. The van der Waals surface area contributed by atoms with Crippen molar-refractivity contribution in [3.05, 3.63) is 58.1 Å². The average Bonchev–Trinajstić information content (AvgIpc) is 2.78. The van der Waals surface area contributed by atoms with Crippen molar-refractivity contribution in [2.45, 2.75) is 6.92 Å². The van der Waals surface area contributed by atoms with Gasteiger partial charge in [-0.25, -0.2) is 9.37 Å². The number of aryl methyl sites for hydroxylation is 1. The maximum atomic E-state index is 13.0. The summed E-state index contributed by atoms with van der Waals surface area (Å²) in [7, 11) is 0. The van der Waals surface area contributed by atoms with Crippen LogP contribution in [-0.2, 0) is 0 Å². The van der Waals surface area contributed by atoms with Gasteiger partial charge in [-0.05, 0) is 58.7 Å². The Hall–Kier alpha value is -2.19. The molecule has 5 heteroatoms. The van der Waals surface area contributed by atoms with E-state index in [0.29, 0.717) is 17.0 Å². The van der Waals surface area contributed by atoms with Gasteiger partial charge in [0.15, 0.2) is 5.69 Å². The van der Waals surface area contributed by atoms with Gasteiger partial charge < -0.3 is 0 Å². The monoisotopic (exact) mass is 329 g/mol. The first kappa shape index (κ1) is 12.8. The minimum absolute atomic E-state index is 0.311. The predicted molar refractivity (Wildman–Crippen MR) is 77.7 cm³/mol. The number of fused-ring (bicyclic) bond motifs is 1. The smallest absolute Gasteiger partial charge is 0.152 e. The third kappa shape index (κ3) is 1.98. The van der Waals surface area contributed by atoms with Crippen LogP contribution in [0.15, 0.2) is 41.0 Å². The van der Waals surface area contributed by atoms with Crippen LogP contribution in [0.3, 0.4) is 0 Å². The molecule has 0 atom stereocenters. The van der Waals surface area contributed by atoms with Crippen LogP contribution in [0.4, 0.5) is 4.39 Å². The largest absolute Gasteiger partial charge is 0.290 e. The number of hydrogen-bond donors (Lipinski definition) is 0. The molecular formula is C15H9BrFN3. The molecule has 3 nitrogen and oxygen atoms in total. The Morgan fingerprint density at radius 3 is 2.65 bits per heavy atom. The van der Waals surface area contributed by atoms with Gasteiger partial charge in [0.05, 0.1) is 0 Å². The fourth-order valence-electron chi connectivity index (χ4n) is 2.08. The van der Waals surface area contributed by atoms with Crippen LogP contribution in [0, 0.1) is 24.1 Å². The number of nitriles is 1. The molecule has 0 N–H and O–H groups in total. The van der Waals surface area contributed by atoms with E-state index in [9.17, 15) is 9.65 Å². The molecule has 0 spiro atoms. The maximum absolute atomic E-state index is 13.0. The summed E-state index contributed by atoms with van der Waals surface area (Å²) in [6, 6.07) is 10.0. The number of pyridine rings is 1. The van der Waals surface area contributed by atoms with Crippen LogP contribution in [0.5, 0.6) is 0 Å². The Morgan fingerprint density at radius 2 is 2.00 bits per heavy atom. The fraction of sp³-hybridized carbons (Fsp3) is 0.0667. The number of benzene rings is 1. The molecule has 0 aliphatic rings. The number of halogens is 2. The molecule has 3 rings (SSSR count). The summed E-state index contributed by atoms with van der Waals surface area (Å²) in [5.74, 6) is -0.311. The van der Waals surface area contributed by atoms with Gasteiger partial charge in [-0.15, -0.1) is 0 Å². The molecular weight excluding hydrogens is 321 g/mol. The first-order chi connectivity index (χ1) is 9.60. The van der Waals surface area contributed by atoms with E-state index >= 15 is 0 Å². The standard InChI is InChI=1S/C15H9BrFN3/c1-9-6-14-19-15(10-2-4-11(17)5-3-10)13(7-18)20(14)8-12(9)16/h2-6,8H,1H3. The molecule has 1 aromatic carbocycles. The molecule has 0 aliphatic carbocycles. The van der Waals surface area contributed by atoms with E-state index in [1.807, 2.05) is 19.2 Å². The molecule has 0 radical (unpaired) electrons. The van der Waals surface area contributed by atoms with E-state index in [0.717, 1.165) is 15.6 Å². The van der Waals surface area contributed by atoms with E-state index in [2.05, 4.69) is 27.0 Å². The highest BCUT2D eigenvalue weighted by atomic mass is 79.9. The minimum atomic E-state index is -0.311. The second-order valence-electron chi connectivity index (χ2n) is 4.46. The van der Waals surface area contributed by atoms with Crippen LogP contribution in [0.1, 0.15) is 11.3 Å². The number of imidazole rings is 1. The molecule has 2 aromatic heterocycles. The Labute approximate surface area is 123 Å². The molecule has 0 unspecified atom stereocenters. The quantitative estimate of drug-likeness (QED) is 0.674. The SMILES string of the molecule is Cc1cc2nc(-c3ccc(F)cc3)c(C#N)n2cc1Br. The van der Waals surface area contributed by atoms with Crippen LogP contribution >= 0.6 is 15.9 Å². The first-order valence-corrected chi connectivity index (χ1v) is 6.73. The number of rotatable bonds is 1. The lowest BCUT2D eigenvalue weighted by Gasteiger charge is -2.00. The second kappa shape index (κ2) is 4.73. The van der Waals surface area contributed by atoms with E-state index in [1.54, 1.807) is 16.5 Å². The molecule has 98 valence electrons. The fourth-order valence-corrected chi connectivity index (χ4v) is 2.40. The van der Waals surface area contributed by atoms with Crippen molar-refractivity contribution in [1.29, 1.82) is 5.26 Å². The predicted octanol–water partition coefficient (Wildman–Crippen LogP) is 4.08. The van der Waals surface area contributed by atoms with Crippen LogP contribution < -0.4 is 0 Å². The van der Waals surface area contributed by atoms with Crippen molar-refractivity contribution in [1.82, 2.24) is 9.38 Å². The van der Waals surface area contributed by atoms with Crippen molar-refractivity contribution in [2.24, 2.45) is 0 Å². The molecule has 0 saturated heterocycles. The molecule has 0 amide bonds. The van der Waals surface area contributed by atoms with Crippen molar-refractivity contribution >= 4 is 21.6 Å². The topological polar surface area (TPSA) is 41.1 Å². The van der Waals surface area contributed by atoms with E-state index < -0.39 is 0 Å². The zero-order chi connectivity index (χ0) is 14.3. The van der Waals surface area contributed by atoms with Gasteiger partial charge >= 0.3 is 0 Å². The van der Waals surface area contributed by atoms with Crippen molar-refractivity contribution in [3.63, 3.8) is 0 Å². The molecule has 0 aliphatic heterocycles. The van der Waals surface area contributed by atoms with Gasteiger partial charge in [-0.2, -0.15) is 5.26 Å². The highest BCUT2D eigenvalue weighted by molar-refractivity contribution is 9.10. The summed E-state index contributed by atoms with van der Waals surface area (Å²) in [6.45, 7) is 1.96. The normalized spacial score (nSPS) is 10.7. The summed E-state index contributed by atoms with van der Waals surface area (Å²) in [5, 5.41) is 9.38. The Bertz CT molecular complexity index is 844. The van der Waals surface area contributed by atoms with E-state index in [4.69, 9.17) is 0 Å². The Kier molecular flexibility index (Phi) is 3.03. The Balaban J connectivity index is 2.31. The van der Waals surface area contributed by atoms with Crippen LogP contribution in [-0.4, -0.2) is 9.38 Å². The molecule has 0 bridgehead atoms. The molecule has 2 heterocycles. The van der Waals surface area contributed by atoms with Crippen LogP contribution in [0.2, 0.25) is 0 Å². The van der Waals surface area contributed by atoms with Crippen molar-refractivity contribution in [2.75, 3.05) is 0 Å². The third-order valence-corrected chi connectivity index (χ3v) is 3.96. The number of hydrogen-bond acceptors (Lipinski definition) is 2. The van der Waals surface area contributed by atoms with Gasteiger partial charge in [-0.3, -0.25) is 4.40 Å². The van der Waals surface area contributed by atoms with Crippen molar-refractivity contribution < 1.29 is 4.39 Å². The number of aromatic nitrogens is 2. The van der Waals surface area contributed by atoms with Gasteiger partial charge in [0.25, 0.3) is 0 Å². The van der Waals surface area contributed by atoms with E-state index in [1.165, 1.54) is 12.1 Å². The lowest BCUT2D eigenvalue weighted by Crippen LogP contribution is -1.90. The second-order valence-corrected chi connectivity index (χ2v) is 5.31. The summed E-state index contributed by atoms with van der Waals surface area (Å²) in [5.41, 5.74) is 3.46. The van der Waals surface area contributed by atoms with Gasteiger partial charge in [0, 0.05) is 16.2 Å². The summed E-state index contributed by atoms with van der Waals surface area (Å²) >= 11 is 3.45. The van der Waals surface area contributed by atoms with Crippen LogP contribution in [0.25, 0.3) is 16.9 Å². The Morgan fingerprint density at radius 1 is 1.30 bits per heavy atom. The summed E-state index contributed by atoms with van der Waals surface area (Å²) < 4.78 is 15.6. The highest BCUT2D eigenvalue weighted by Crippen LogP contribution is 2.26. The maximum Gasteiger partial charge on any atom is 0.152 e. The van der Waals surface area contributed by atoms with Crippen molar-refractivity contribution in [3.8, 4) is 17.3 Å². The zero-order valence-electron chi connectivity index (χ0n) is 10.6. The molecule has 20 heavy (non-hydrogen) atoms. The highest BCUT2D eigenvalue weighted by Gasteiger charge is 2.14. The molecule has 3 aromatic rings. The zero-order valence-corrected chi connectivity index (χ0v) is 12.1. The van der Waals surface area contributed by atoms with Gasteiger partial charge in [-0.1, -0.05) is 0 Å². The summed E-state index contributed by atoms with van der Waals surface area (Å²) in [4.78, 5) is 4.48. The first-order valence-electron chi connectivity index (χ1n) is 5.94. The summed E-state index contributed by atoms with van der Waals surface area (Å²) in [6.07, 6.45) is 1.82. The number of nitrogens with zero attached hydrogens (tertiary/aromatic N) is 3. The molecule has 0 fully saturated rings. The van der Waals surface area contributed by atoms with Gasteiger partial charge in [0.1, 0.15) is 23.2 Å². The van der Waals surface area contributed by atoms with Gasteiger partial charge in [0.2, 0.25) is 0 Å². The lowest BCUT2D eigenvalue weighted by molar-refractivity contribution is 0.628. The average molecular weight is 330 g/mol. The minimum Gasteiger partial charge on any atom is -0.290 e. The molecule has 0 saturated carbocycles. The van der Waals surface area contributed by atoms with E-state index in [-0.39, 0.29) is 5.82 Å².